The van der Waals surface area contributed by atoms with Crippen molar-refractivity contribution < 1.29 is 0 Å². The Bertz CT molecular complexity index is 930. The number of nitrogens with one attached hydrogen (secondary N) is 3. The number of nitrogens with zero attached hydrogens (tertiary/aromatic N) is 3. The fourth-order valence-electron chi connectivity index (χ4n) is 2.61. The van der Waals surface area contributed by atoms with Crippen LogP contribution in [0.4, 0.5) is 0 Å². The van der Waals surface area contributed by atoms with E-state index >= 15 is 0 Å². The molecule has 3 rings (SSSR count). The largest absolute Gasteiger partial charge is 0.329 e. The van der Waals surface area contributed by atoms with E-state index in [1.807, 2.05) is 16.8 Å². The number of hydrogen-bond donors (Lipinski definition) is 3. The van der Waals surface area contributed by atoms with Gasteiger partial charge in [0.2, 0.25) is 0 Å². The van der Waals surface area contributed by atoms with Crippen molar-refractivity contribution in [3.63, 3.8) is 0 Å². The minimum atomic E-state index is -0.499. The molecular formula is C16H20N6O2. The molecule has 0 aromatic carbocycles. The lowest BCUT2D eigenvalue weighted by Gasteiger charge is -2.05. The van der Waals surface area contributed by atoms with Gasteiger partial charge in [-0.05, 0) is 24.8 Å². The molecule has 3 heterocycles. The molecule has 0 amide bonds. The summed E-state index contributed by atoms with van der Waals surface area (Å²) in [5.74, 6) is 1.30. The number of imidazole rings is 1. The van der Waals surface area contributed by atoms with Gasteiger partial charge in [0.15, 0.2) is 5.82 Å². The van der Waals surface area contributed by atoms with Crippen LogP contribution < -0.4 is 11.2 Å². The van der Waals surface area contributed by atoms with E-state index in [0.29, 0.717) is 24.4 Å². The topological polar surface area (TPSA) is 112 Å². The van der Waals surface area contributed by atoms with Crippen molar-refractivity contribution in [2.24, 2.45) is 5.92 Å². The summed E-state index contributed by atoms with van der Waals surface area (Å²) in [5.41, 5.74) is 1.52. The molecule has 0 radical (unpaired) electrons. The summed E-state index contributed by atoms with van der Waals surface area (Å²) in [6.07, 6.45) is 6.43. The summed E-state index contributed by atoms with van der Waals surface area (Å²) in [6, 6.07) is 2.01. The highest BCUT2D eigenvalue weighted by Crippen LogP contribution is 2.17. The number of aromatic amines is 3. The summed E-state index contributed by atoms with van der Waals surface area (Å²) in [5, 5.41) is 7.38. The van der Waals surface area contributed by atoms with Crippen molar-refractivity contribution in [3.8, 4) is 11.5 Å². The molecule has 0 aliphatic rings. The smallest absolute Gasteiger partial charge is 0.325 e. The molecule has 0 aliphatic heterocycles. The first-order chi connectivity index (χ1) is 11.5. The highest BCUT2D eigenvalue weighted by atomic mass is 16.2. The summed E-state index contributed by atoms with van der Waals surface area (Å²) < 4.78 is 1.94. The molecule has 0 fully saturated rings. The molecule has 0 aliphatic carbocycles. The summed E-state index contributed by atoms with van der Waals surface area (Å²) >= 11 is 0. The zero-order valence-corrected chi connectivity index (χ0v) is 13.7. The molecular weight excluding hydrogens is 308 g/mol. The second-order valence-corrected chi connectivity index (χ2v) is 6.17. The summed E-state index contributed by atoms with van der Waals surface area (Å²) in [4.78, 5) is 31.9. The van der Waals surface area contributed by atoms with Gasteiger partial charge < -0.3 is 9.55 Å². The van der Waals surface area contributed by atoms with Crippen LogP contribution in [0.15, 0.2) is 34.2 Å². The zero-order chi connectivity index (χ0) is 17.1. The van der Waals surface area contributed by atoms with E-state index in [1.54, 1.807) is 6.20 Å². The number of aryl methyl sites for hydroxylation is 2. The molecule has 0 saturated carbocycles. The molecule has 3 aromatic rings. The first kappa shape index (κ1) is 16.0. The maximum Gasteiger partial charge on any atom is 0.325 e. The standard InChI is InChI=1S/C16H20N6O2/c1-10(2)7-12-8-13(21-20-12)14-17-4-6-22(14)5-3-11-9-18-16(24)19-15(11)23/h4,6,8-10H,3,5,7H2,1-2H3,(H,20,21)(H2,18,19,23,24). The Hall–Kier alpha value is -2.90. The van der Waals surface area contributed by atoms with E-state index in [9.17, 15) is 9.59 Å². The molecule has 0 bridgehead atoms. The monoisotopic (exact) mass is 328 g/mol. The first-order valence-corrected chi connectivity index (χ1v) is 7.89. The maximum atomic E-state index is 11.7. The number of hydrogen-bond acceptors (Lipinski definition) is 4. The summed E-state index contributed by atoms with van der Waals surface area (Å²) in [6.45, 7) is 4.88. The van der Waals surface area contributed by atoms with E-state index < -0.39 is 5.69 Å². The van der Waals surface area contributed by atoms with Crippen LogP contribution in [0, 0.1) is 5.92 Å². The first-order valence-electron chi connectivity index (χ1n) is 7.89. The highest BCUT2D eigenvalue weighted by Gasteiger charge is 2.11. The van der Waals surface area contributed by atoms with Crippen LogP contribution in [0.2, 0.25) is 0 Å². The number of aromatic nitrogens is 6. The molecule has 0 saturated heterocycles. The van der Waals surface area contributed by atoms with Crippen molar-refractivity contribution in [1.82, 2.24) is 29.7 Å². The lowest BCUT2D eigenvalue weighted by atomic mass is 10.1. The van der Waals surface area contributed by atoms with Gasteiger partial charge in [-0.25, -0.2) is 9.78 Å². The highest BCUT2D eigenvalue weighted by molar-refractivity contribution is 5.50. The van der Waals surface area contributed by atoms with Crippen LogP contribution in [-0.4, -0.2) is 29.7 Å². The quantitative estimate of drug-likeness (QED) is 0.628. The van der Waals surface area contributed by atoms with Crippen LogP contribution in [0.5, 0.6) is 0 Å². The van der Waals surface area contributed by atoms with E-state index in [2.05, 4.69) is 39.0 Å². The molecule has 8 heteroatoms. The maximum absolute atomic E-state index is 11.7. The Morgan fingerprint density at radius 2 is 2.12 bits per heavy atom. The Kier molecular flexibility index (Phi) is 4.45. The van der Waals surface area contributed by atoms with Gasteiger partial charge >= 0.3 is 5.69 Å². The third-order valence-electron chi connectivity index (χ3n) is 3.72. The van der Waals surface area contributed by atoms with Gasteiger partial charge in [0.1, 0.15) is 5.69 Å². The Balaban J connectivity index is 1.77. The Morgan fingerprint density at radius 3 is 2.88 bits per heavy atom. The van der Waals surface area contributed by atoms with Crippen molar-refractivity contribution in [2.75, 3.05) is 0 Å². The van der Waals surface area contributed by atoms with Crippen molar-refractivity contribution in [1.29, 1.82) is 0 Å². The zero-order valence-electron chi connectivity index (χ0n) is 13.7. The van der Waals surface area contributed by atoms with E-state index in [1.165, 1.54) is 6.20 Å². The van der Waals surface area contributed by atoms with Crippen LogP contribution in [0.3, 0.4) is 0 Å². The summed E-state index contributed by atoms with van der Waals surface area (Å²) in [7, 11) is 0. The Labute approximate surface area is 138 Å². The van der Waals surface area contributed by atoms with Crippen molar-refractivity contribution >= 4 is 0 Å². The lowest BCUT2D eigenvalue weighted by molar-refractivity contribution is 0.633. The average molecular weight is 328 g/mol. The van der Waals surface area contributed by atoms with Gasteiger partial charge in [0.05, 0.1) is 0 Å². The fraction of sp³-hybridized carbons (Fsp3) is 0.375. The Morgan fingerprint density at radius 1 is 1.29 bits per heavy atom. The molecule has 24 heavy (non-hydrogen) atoms. The average Bonchev–Trinajstić information content (AvgIpc) is 3.14. The van der Waals surface area contributed by atoms with Gasteiger partial charge in [-0.1, -0.05) is 13.8 Å². The molecule has 0 unspecified atom stereocenters. The molecule has 3 N–H and O–H groups in total. The van der Waals surface area contributed by atoms with Gasteiger partial charge in [-0.2, -0.15) is 5.10 Å². The molecule has 3 aromatic heterocycles. The third kappa shape index (κ3) is 3.53. The van der Waals surface area contributed by atoms with Gasteiger partial charge in [0.25, 0.3) is 5.56 Å². The lowest BCUT2D eigenvalue weighted by Crippen LogP contribution is -2.25. The van der Waals surface area contributed by atoms with Crippen LogP contribution in [-0.2, 0) is 19.4 Å². The normalized spacial score (nSPS) is 11.3. The molecule has 0 atom stereocenters. The third-order valence-corrected chi connectivity index (χ3v) is 3.72. The van der Waals surface area contributed by atoms with Crippen LogP contribution in [0.1, 0.15) is 25.1 Å². The van der Waals surface area contributed by atoms with Gasteiger partial charge in [0, 0.05) is 36.4 Å². The predicted molar refractivity (Wildman–Crippen MR) is 89.7 cm³/mol. The van der Waals surface area contributed by atoms with Crippen molar-refractivity contribution in [2.45, 2.75) is 33.2 Å². The minimum absolute atomic E-state index is 0.362. The molecule has 126 valence electrons. The number of rotatable bonds is 6. The molecule has 8 nitrogen and oxygen atoms in total. The molecule has 0 spiro atoms. The van der Waals surface area contributed by atoms with Crippen molar-refractivity contribution in [3.05, 3.63) is 56.8 Å². The van der Waals surface area contributed by atoms with Gasteiger partial charge in [-0.15, -0.1) is 0 Å². The second-order valence-electron chi connectivity index (χ2n) is 6.17. The van der Waals surface area contributed by atoms with E-state index in [4.69, 9.17) is 0 Å². The van der Waals surface area contributed by atoms with E-state index in [-0.39, 0.29) is 5.56 Å². The minimum Gasteiger partial charge on any atom is -0.329 e. The van der Waals surface area contributed by atoms with Crippen LogP contribution in [0.25, 0.3) is 11.5 Å². The fourth-order valence-corrected chi connectivity index (χ4v) is 2.61. The van der Waals surface area contributed by atoms with Crippen LogP contribution >= 0.6 is 0 Å². The second kappa shape index (κ2) is 6.69. The number of H-pyrrole nitrogens is 3. The van der Waals surface area contributed by atoms with Gasteiger partial charge in [-0.3, -0.25) is 14.9 Å². The predicted octanol–water partition coefficient (Wildman–Crippen LogP) is 1.09. The SMILES string of the molecule is CC(C)Cc1cc(-c2nccn2CCc2c[nH]c(=O)[nH]c2=O)n[nH]1. The van der Waals surface area contributed by atoms with E-state index in [0.717, 1.165) is 23.6 Å².